The predicted molar refractivity (Wildman–Crippen MR) is 149 cm³/mol. The molecule has 2 N–H and O–H groups in total. The Hall–Kier alpha value is -2.94. The molecule has 0 fully saturated rings. The quantitative estimate of drug-likeness (QED) is 0.286. The fourth-order valence-electron chi connectivity index (χ4n) is 6.02. The molecule has 0 aromatic heterocycles. The third kappa shape index (κ3) is 4.07. The number of phenolic OH excluding ortho intramolecular Hbond substituents is 2. The van der Waals surface area contributed by atoms with E-state index >= 15 is 0 Å². The number of rotatable bonds is 3. The highest BCUT2D eigenvalue weighted by atomic mass is 35.5. The number of fused-ring (bicyclic) bond motifs is 2. The molecule has 0 spiro atoms. The summed E-state index contributed by atoms with van der Waals surface area (Å²) in [5, 5.41) is 25.1. The number of phenols is 2. The molecule has 0 amide bonds. The van der Waals surface area contributed by atoms with Gasteiger partial charge in [-0.25, -0.2) is 0 Å². The lowest BCUT2D eigenvalue weighted by atomic mass is 9.77. The van der Waals surface area contributed by atoms with Gasteiger partial charge in [0.25, 0.3) is 0 Å². The van der Waals surface area contributed by atoms with Crippen LogP contribution in [-0.4, -0.2) is 10.2 Å². The van der Waals surface area contributed by atoms with Crippen molar-refractivity contribution in [2.45, 2.75) is 51.4 Å². The first kappa shape index (κ1) is 23.5. The van der Waals surface area contributed by atoms with Crippen LogP contribution in [0.25, 0.3) is 33.4 Å². The van der Waals surface area contributed by atoms with Crippen molar-refractivity contribution in [3.05, 3.63) is 93.0 Å². The van der Waals surface area contributed by atoms with E-state index in [1.807, 2.05) is 48.5 Å². The maximum Gasteiger partial charge on any atom is 0.131 e. The second kappa shape index (κ2) is 9.50. The summed E-state index contributed by atoms with van der Waals surface area (Å²) < 4.78 is 0. The van der Waals surface area contributed by atoms with Gasteiger partial charge in [0, 0.05) is 32.3 Å². The smallest absolute Gasteiger partial charge is 0.131 e. The molecular formula is C32H28Cl2O2. The van der Waals surface area contributed by atoms with Crippen LogP contribution in [0.1, 0.15) is 47.9 Å². The molecule has 4 aromatic carbocycles. The van der Waals surface area contributed by atoms with Crippen LogP contribution < -0.4 is 0 Å². The molecule has 182 valence electrons. The van der Waals surface area contributed by atoms with E-state index in [9.17, 15) is 10.2 Å². The van der Waals surface area contributed by atoms with Crippen LogP contribution in [0.2, 0.25) is 10.0 Å². The zero-order valence-electron chi connectivity index (χ0n) is 20.1. The molecule has 2 nitrogen and oxygen atoms in total. The molecule has 0 saturated carbocycles. The van der Waals surface area contributed by atoms with Crippen LogP contribution in [0, 0.1) is 0 Å². The minimum Gasteiger partial charge on any atom is -0.507 e. The van der Waals surface area contributed by atoms with E-state index in [4.69, 9.17) is 23.2 Å². The van der Waals surface area contributed by atoms with Crippen LogP contribution in [0.5, 0.6) is 11.5 Å². The molecule has 0 heterocycles. The molecule has 0 radical (unpaired) electrons. The third-order valence-corrected chi connectivity index (χ3v) is 8.31. The van der Waals surface area contributed by atoms with Gasteiger partial charge in [-0.15, -0.1) is 0 Å². The Labute approximate surface area is 222 Å². The summed E-state index contributed by atoms with van der Waals surface area (Å²) in [4.78, 5) is 0. The first-order chi connectivity index (χ1) is 17.5. The summed E-state index contributed by atoms with van der Waals surface area (Å²) in [6.45, 7) is 0. The summed E-state index contributed by atoms with van der Waals surface area (Å²) in [7, 11) is 0. The lowest BCUT2D eigenvalue weighted by molar-refractivity contribution is 0.468. The Morgan fingerprint density at radius 3 is 1.25 bits per heavy atom. The topological polar surface area (TPSA) is 40.5 Å². The first-order valence-corrected chi connectivity index (χ1v) is 13.5. The second-order valence-electron chi connectivity index (χ2n) is 10.00. The molecule has 36 heavy (non-hydrogen) atoms. The molecule has 2 aliphatic rings. The molecule has 4 heteroatoms. The maximum atomic E-state index is 11.9. The van der Waals surface area contributed by atoms with Gasteiger partial charge in [-0.05, 0) is 121 Å². The monoisotopic (exact) mass is 514 g/mol. The molecule has 0 unspecified atom stereocenters. The van der Waals surface area contributed by atoms with Crippen molar-refractivity contribution in [2.75, 3.05) is 0 Å². The lowest BCUT2D eigenvalue weighted by Gasteiger charge is -2.28. The van der Waals surface area contributed by atoms with Gasteiger partial charge in [0.05, 0.1) is 0 Å². The molecule has 0 bridgehead atoms. The van der Waals surface area contributed by atoms with E-state index in [0.717, 1.165) is 84.7 Å². The first-order valence-electron chi connectivity index (χ1n) is 12.8. The SMILES string of the molecule is Oc1c(-c2ccc(Cl)cc2)cc2c(c1-c1c(O)c(-c3ccc(Cl)cc3)cc3c1CCCC3)CCCC2. The van der Waals surface area contributed by atoms with Gasteiger partial charge >= 0.3 is 0 Å². The van der Waals surface area contributed by atoms with Crippen molar-refractivity contribution in [3.63, 3.8) is 0 Å². The molecule has 4 aromatic rings. The minimum atomic E-state index is 0.245. The summed E-state index contributed by atoms with van der Waals surface area (Å²) in [6, 6.07) is 19.5. The van der Waals surface area contributed by atoms with Crippen molar-refractivity contribution in [3.8, 4) is 44.9 Å². The van der Waals surface area contributed by atoms with Gasteiger partial charge in [-0.1, -0.05) is 47.5 Å². The van der Waals surface area contributed by atoms with Crippen LogP contribution in [0.4, 0.5) is 0 Å². The van der Waals surface area contributed by atoms with Crippen molar-refractivity contribution in [1.29, 1.82) is 0 Å². The fraction of sp³-hybridized carbons (Fsp3) is 0.250. The zero-order chi connectivity index (χ0) is 24.8. The second-order valence-corrected chi connectivity index (χ2v) is 10.9. The predicted octanol–water partition coefficient (Wildman–Crippen LogP) is 9.16. The van der Waals surface area contributed by atoms with Crippen LogP contribution >= 0.6 is 23.2 Å². The van der Waals surface area contributed by atoms with E-state index in [-0.39, 0.29) is 11.5 Å². The minimum absolute atomic E-state index is 0.245. The van der Waals surface area contributed by atoms with Crippen molar-refractivity contribution >= 4 is 23.2 Å². The summed E-state index contributed by atoms with van der Waals surface area (Å²) >= 11 is 12.3. The third-order valence-electron chi connectivity index (χ3n) is 7.81. The average Bonchev–Trinajstić information content (AvgIpc) is 2.90. The number of aryl methyl sites for hydroxylation is 2. The van der Waals surface area contributed by atoms with Gasteiger partial charge in [-0.2, -0.15) is 0 Å². The molecule has 6 rings (SSSR count). The van der Waals surface area contributed by atoms with Crippen LogP contribution in [-0.2, 0) is 25.7 Å². The lowest BCUT2D eigenvalue weighted by Crippen LogP contribution is -2.10. The van der Waals surface area contributed by atoms with Gasteiger partial charge < -0.3 is 10.2 Å². The van der Waals surface area contributed by atoms with Crippen molar-refractivity contribution in [2.24, 2.45) is 0 Å². The standard InChI is InChI=1S/C32H28Cl2O2/c33-23-13-9-19(10-14-23)27-17-21-5-1-3-7-25(21)29(31(27)35)30-26-8-4-2-6-22(26)18-28(32(30)36)20-11-15-24(34)16-12-20/h9-18,35-36H,1-8H2. The fourth-order valence-corrected chi connectivity index (χ4v) is 6.28. The molecule has 2 aliphatic carbocycles. The van der Waals surface area contributed by atoms with Crippen molar-refractivity contribution < 1.29 is 10.2 Å². The van der Waals surface area contributed by atoms with E-state index in [1.54, 1.807) is 0 Å². The summed E-state index contributed by atoms with van der Waals surface area (Å²) in [5.74, 6) is 0.489. The highest BCUT2D eigenvalue weighted by molar-refractivity contribution is 6.31. The van der Waals surface area contributed by atoms with Gasteiger partial charge in [0.1, 0.15) is 11.5 Å². The maximum absolute atomic E-state index is 11.9. The Morgan fingerprint density at radius 1 is 0.500 bits per heavy atom. The van der Waals surface area contributed by atoms with E-state index < -0.39 is 0 Å². The number of aromatic hydroxyl groups is 2. The Morgan fingerprint density at radius 2 is 0.861 bits per heavy atom. The van der Waals surface area contributed by atoms with Gasteiger partial charge in [0.15, 0.2) is 0 Å². The van der Waals surface area contributed by atoms with Crippen molar-refractivity contribution in [1.82, 2.24) is 0 Å². The summed E-state index contributed by atoms with van der Waals surface area (Å²) in [6.07, 6.45) is 8.18. The zero-order valence-corrected chi connectivity index (χ0v) is 21.6. The Balaban J connectivity index is 1.67. The van der Waals surface area contributed by atoms with Crippen LogP contribution in [0.3, 0.4) is 0 Å². The van der Waals surface area contributed by atoms with E-state index in [1.165, 1.54) is 22.3 Å². The molecule has 0 atom stereocenters. The van der Waals surface area contributed by atoms with Crippen LogP contribution in [0.15, 0.2) is 60.7 Å². The molecule has 0 saturated heterocycles. The Kier molecular flexibility index (Phi) is 6.19. The Bertz CT molecular complexity index is 1340. The number of halogens is 2. The largest absolute Gasteiger partial charge is 0.507 e. The normalized spacial score (nSPS) is 14.8. The number of benzene rings is 4. The summed E-state index contributed by atoms with van der Waals surface area (Å²) in [5.41, 5.74) is 9.93. The van der Waals surface area contributed by atoms with E-state index in [2.05, 4.69) is 12.1 Å². The highest BCUT2D eigenvalue weighted by Crippen LogP contribution is 2.52. The van der Waals surface area contributed by atoms with Gasteiger partial charge in [-0.3, -0.25) is 0 Å². The number of hydrogen-bond donors (Lipinski definition) is 2. The van der Waals surface area contributed by atoms with E-state index in [0.29, 0.717) is 10.0 Å². The average molecular weight is 515 g/mol. The molecular weight excluding hydrogens is 487 g/mol. The number of hydrogen-bond acceptors (Lipinski definition) is 2. The van der Waals surface area contributed by atoms with Gasteiger partial charge in [0.2, 0.25) is 0 Å². The highest BCUT2D eigenvalue weighted by Gasteiger charge is 2.29. The molecule has 0 aliphatic heterocycles.